The van der Waals surface area contributed by atoms with Crippen molar-refractivity contribution < 1.29 is 13.2 Å². The molecule has 0 bridgehead atoms. The molecule has 0 saturated heterocycles. The lowest BCUT2D eigenvalue weighted by Gasteiger charge is -2.15. The van der Waals surface area contributed by atoms with Crippen LogP contribution in [0, 0.1) is 18.8 Å². The van der Waals surface area contributed by atoms with E-state index < -0.39 is 10.0 Å². The molecule has 1 saturated carbocycles. The Labute approximate surface area is 120 Å². The van der Waals surface area contributed by atoms with Gasteiger partial charge in [0.25, 0.3) is 0 Å². The SMILES string of the molecule is Cc1ccc(NC(=O)C2CC2C)cc1S(=O)(=O)N(C)C. The van der Waals surface area contributed by atoms with Crippen LogP contribution in [-0.2, 0) is 14.8 Å². The molecular formula is C14H20N2O3S. The molecule has 0 aliphatic heterocycles. The molecule has 1 amide bonds. The van der Waals surface area contributed by atoms with Gasteiger partial charge in [-0.15, -0.1) is 0 Å². The number of benzene rings is 1. The number of amides is 1. The van der Waals surface area contributed by atoms with Gasteiger partial charge in [0.2, 0.25) is 15.9 Å². The summed E-state index contributed by atoms with van der Waals surface area (Å²) in [7, 11) is -0.515. The Morgan fingerprint density at radius 1 is 1.35 bits per heavy atom. The van der Waals surface area contributed by atoms with Gasteiger partial charge >= 0.3 is 0 Å². The second kappa shape index (κ2) is 5.18. The zero-order valence-electron chi connectivity index (χ0n) is 12.2. The van der Waals surface area contributed by atoms with Crippen molar-refractivity contribution in [2.24, 2.45) is 11.8 Å². The molecule has 0 heterocycles. The summed E-state index contributed by atoms with van der Waals surface area (Å²) in [5, 5.41) is 2.79. The number of rotatable bonds is 4. The molecule has 20 heavy (non-hydrogen) atoms. The Bertz CT molecular complexity index is 638. The Morgan fingerprint density at radius 3 is 2.45 bits per heavy atom. The molecule has 1 N–H and O–H groups in total. The first-order valence-corrected chi connectivity index (χ1v) is 8.01. The molecule has 110 valence electrons. The van der Waals surface area contributed by atoms with Crippen LogP contribution in [-0.4, -0.2) is 32.7 Å². The van der Waals surface area contributed by atoms with Crippen molar-refractivity contribution in [1.29, 1.82) is 0 Å². The molecule has 1 aliphatic rings. The quantitative estimate of drug-likeness (QED) is 0.922. The second-order valence-corrected chi connectivity index (χ2v) is 7.70. The number of anilines is 1. The number of hydrogen-bond donors (Lipinski definition) is 1. The van der Waals surface area contributed by atoms with Crippen LogP contribution in [0.2, 0.25) is 0 Å². The van der Waals surface area contributed by atoms with Gasteiger partial charge < -0.3 is 5.32 Å². The first-order chi connectivity index (χ1) is 9.23. The molecule has 2 rings (SSSR count). The first-order valence-electron chi connectivity index (χ1n) is 6.57. The maximum Gasteiger partial charge on any atom is 0.242 e. The molecule has 2 atom stereocenters. The molecule has 0 aromatic heterocycles. The van der Waals surface area contributed by atoms with E-state index in [0.717, 1.165) is 6.42 Å². The van der Waals surface area contributed by atoms with Crippen molar-refractivity contribution in [3.63, 3.8) is 0 Å². The molecular weight excluding hydrogens is 276 g/mol. The smallest absolute Gasteiger partial charge is 0.242 e. The highest BCUT2D eigenvalue weighted by Gasteiger charge is 2.39. The summed E-state index contributed by atoms with van der Waals surface area (Å²) in [6, 6.07) is 4.97. The number of nitrogens with zero attached hydrogens (tertiary/aromatic N) is 1. The number of sulfonamides is 1. The van der Waals surface area contributed by atoms with Crippen molar-refractivity contribution >= 4 is 21.6 Å². The third-order valence-corrected chi connectivity index (χ3v) is 5.62. The van der Waals surface area contributed by atoms with Crippen molar-refractivity contribution in [2.75, 3.05) is 19.4 Å². The van der Waals surface area contributed by atoms with E-state index in [4.69, 9.17) is 0 Å². The van der Waals surface area contributed by atoms with E-state index in [1.54, 1.807) is 19.1 Å². The van der Waals surface area contributed by atoms with Crippen LogP contribution in [0.3, 0.4) is 0 Å². The zero-order chi connectivity index (χ0) is 15.1. The van der Waals surface area contributed by atoms with E-state index in [1.807, 2.05) is 6.92 Å². The summed E-state index contributed by atoms with van der Waals surface area (Å²) in [6.45, 7) is 3.77. The maximum absolute atomic E-state index is 12.2. The van der Waals surface area contributed by atoms with E-state index in [-0.39, 0.29) is 16.7 Å². The van der Waals surface area contributed by atoms with Crippen molar-refractivity contribution in [1.82, 2.24) is 4.31 Å². The molecule has 1 aromatic carbocycles. The van der Waals surface area contributed by atoms with Gasteiger partial charge in [0.1, 0.15) is 0 Å². The molecule has 1 aliphatic carbocycles. The topological polar surface area (TPSA) is 66.5 Å². The van der Waals surface area contributed by atoms with Crippen LogP contribution in [0.5, 0.6) is 0 Å². The van der Waals surface area contributed by atoms with Gasteiger partial charge in [-0.2, -0.15) is 0 Å². The largest absolute Gasteiger partial charge is 0.326 e. The van der Waals surface area contributed by atoms with Gasteiger partial charge in [-0.25, -0.2) is 12.7 Å². The summed E-state index contributed by atoms with van der Waals surface area (Å²) in [6.07, 6.45) is 0.903. The van der Waals surface area contributed by atoms with E-state index in [0.29, 0.717) is 17.2 Å². The lowest BCUT2D eigenvalue weighted by molar-refractivity contribution is -0.117. The molecule has 0 spiro atoms. The lowest BCUT2D eigenvalue weighted by atomic mass is 10.2. The molecule has 1 fully saturated rings. The van der Waals surface area contributed by atoms with E-state index in [1.165, 1.54) is 24.5 Å². The minimum absolute atomic E-state index is 0.0328. The Hall–Kier alpha value is -1.40. The van der Waals surface area contributed by atoms with E-state index in [9.17, 15) is 13.2 Å². The molecule has 0 radical (unpaired) electrons. The van der Waals surface area contributed by atoms with Gasteiger partial charge in [0, 0.05) is 25.7 Å². The second-order valence-electron chi connectivity index (χ2n) is 5.58. The minimum atomic E-state index is -3.50. The van der Waals surface area contributed by atoms with Crippen LogP contribution in [0.15, 0.2) is 23.1 Å². The molecule has 2 unspecified atom stereocenters. The summed E-state index contributed by atoms with van der Waals surface area (Å²) in [5.41, 5.74) is 1.19. The Balaban J connectivity index is 2.27. The third kappa shape index (κ3) is 2.86. The number of aryl methyl sites for hydroxylation is 1. The zero-order valence-corrected chi connectivity index (χ0v) is 13.0. The fourth-order valence-electron chi connectivity index (χ4n) is 2.07. The Morgan fingerprint density at radius 2 is 1.95 bits per heavy atom. The fourth-order valence-corrected chi connectivity index (χ4v) is 3.22. The van der Waals surface area contributed by atoms with Gasteiger partial charge in [-0.3, -0.25) is 4.79 Å². The summed E-state index contributed by atoms with van der Waals surface area (Å²) in [4.78, 5) is 12.1. The summed E-state index contributed by atoms with van der Waals surface area (Å²) >= 11 is 0. The molecule has 6 heteroatoms. The van der Waals surface area contributed by atoms with E-state index in [2.05, 4.69) is 5.32 Å². The standard InChI is InChI=1S/C14H20N2O3S/c1-9-5-6-11(15-14(17)12-7-10(12)2)8-13(9)20(18,19)16(3)4/h5-6,8,10,12H,7H2,1-4H3,(H,15,17). The van der Waals surface area contributed by atoms with Crippen LogP contribution in [0.25, 0.3) is 0 Å². The average molecular weight is 296 g/mol. The van der Waals surface area contributed by atoms with Crippen LogP contribution < -0.4 is 5.32 Å². The maximum atomic E-state index is 12.2. The third-order valence-electron chi connectivity index (χ3n) is 3.66. The van der Waals surface area contributed by atoms with Crippen LogP contribution >= 0.6 is 0 Å². The Kier molecular flexibility index (Phi) is 3.88. The number of hydrogen-bond acceptors (Lipinski definition) is 3. The normalized spacial score (nSPS) is 21.9. The van der Waals surface area contributed by atoms with E-state index >= 15 is 0 Å². The number of carbonyl (C=O) groups excluding carboxylic acids is 1. The van der Waals surface area contributed by atoms with Gasteiger partial charge in [0.15, 0.2) is 0 Å². The highest BCUT2D eigenvalue weighted by Crippen LogP contribution is 2.38. The summed E-state index contributed by atoms with van der Waals surface area (Å²) < 4.78 is 25.6. The number of nitrogens with one attached hydrogen (secondary N) is 1. The fraction of sp³-hybridized carbons (Fsp3) is 0.500. The first kappa shape index (κ1) is 15.0. The van der Waals surface area contributed by atoms with Crippen molar-refractivity contribution in [3.8, 4) is 0 Å². The average Bonchev–Trinajstić information content (AvgIpc) is 3.08. The predicted molar refractivity (Wildman–Crippen MR) is 78.0 cm³/mol. The van der Waals surface area contributed by atoms with Crippen molar-refractivity contribution in [3.05, 3.63) is 23.8 Å². The molecule has 5 nitrogen and oxygen atoms in total. The highest BCUT2D eigenvalue weighted by molar-refractivity contribution is 7.89. The van der Waals surface area contributed by atoms with Crippen LogP contribution in [0.4, 0.5) is 5.69 Å². The van der Waals surface area contributed by atoms with Gasteiger partial charge in [-0.05, 0) is 37.0 Å². The molecule has 1 aromatic rings. The predicted octanol–water partition coefficient (Wildman–Crippen LogP) is 1.84. The highest BCUT2D eigenvalue weighted by atomic mass is 32.2. The summed E-state index contributed by atoms with van der Waals surface area (Å²) in [5.74, 6) is 0.449. The van der Waals surface area contributed by atoms with Crippen molar-refractivity contribution in [2.45, 2.75) is 25.2 Å². The number of carbonyl (C=O) groups is 1. The van der Waals surface area contributed by atoms with Gasteiger partial charge in [-0.1, -0.05) is 13.0 Å². The monoisotopic (exact) mass is 296 g/mol. The minimum Gasteiger partial charge on any atom is -0.326 e. The lowest BCUT2D eigenvalue weighted by Crippen LogP contribution is -2.23. The van der Waals surface area contributed by atoms with Crippen LogP contribution in [0.1, 0.15) is 18.9 Å². The van der Waals surface area contributed by atoms with Gasteiger partial charge in [0.05, 0.1) is 4.90 Å².